The van der Waals surface area contributed by atoms with Gasteiger partial charge in [-0.3, -0.25) is 19.4 Å². The second-order valence-corrected chi connectivity index (χ2v) is 7.14. The zero-order chi connectivity index (χ0) is 16.3. The number of esters is 2. The first kappa shape index (κ1) is 17.2. The summed E-state index contributed by atoms with van der Waals surface area (Å²) >= 11 is 0. The fraction of sp³-hybridized carbons (Fsp3) is 0.875. The van der Waals surface area contributed by atoms with Gasteiger partial charge in [0.15, 0.2) is 0 Å². The van der Waals surface area contributed by atoms with Crippen molar-refractivity contribution >= 4 is 11.9 Å². The van der Waals surface area contributed by atoms with Gasteiger partial charge in [0, 0.05) is 25.2 Å². The van der Waals surface area contributed by atoms with Crippen molar-refractivity contribution in [1.82, 2.24) is 9.80 Å². The summed E-state index contributed by atoms with van der Waals surface area (Å²) in [6, 6.07) is 0.668. The third-order valence-corrected chi connectivity index (χ3v) is 4.10. The zero-order valence-electron chi connectivity index (χ0n) is 14.1. The highest BCUT2D eigenvalue weighted by atomic mass is 16.6. The molecule has 0 aromatic heterocycles. The van der Waals surface area contributed by atoms with Crippen LogP contribution in [0.3, 0.4) is 0 Å². The highest BCUT2D eigenvalue weighted by Crippen LogP contribution is 2.30. The molecule has 2 aliphatic heterocycles. The van der Waals surface area contributed by atoms with E-state index >= 15 is 0 Å². The molecule has 0 N–H and O–H groups in total. The molecule has 2 bridgehead atoms. The predicted molar refractivity (Wildman–Crippen MR) is 82.4 cm³/mol. The standard InChI is InChI=1S/C16H28N2O4/c1-5-21-14(19)10-17-8-12-6-7-13(9-17)18(12)11-15(20)22-16(2,3)4/h12-13H,5-11H2,1-4H3. The Morgan fingerprint density at radius 3 is 2.14 bits per heavy atom. The van der Waals surface area contributed by atoms with Crippen LogP contribution < -0.4 is 0 Å². The smallest absolute Gasteiger partial charge is 0.320 e. The molecule has 0 aromatic rings. The number of fused-ring (bicyclic) bond motifs is 2. The van der Waals surface area contributed by atoms with Gasteiger partial charge in [0.1, 0.15) is 5.60 Å². The Labute approximate surface area is 132 Å². The number of carbonyl (C=O) groups is 2. The van der Waals surface area contributed by atoms with Gasteiger partial charge < -0.3 is 9.47 Å². The molecule has 2 rings (SSSR count). The van der Waals surface area contributed by atoms with E-state index in [9.17, 15) is 9.59 Å². The maximum atomic E-state index is 12.0. The van der Waals surface area contributed by atoms with Crippen LogP contribution in [0, 0.1) is 0 Å². The minimum atomic E-state index is -0.443. The van der Waals surface area contributed by atoms with Gasteiger partial charge in [-0.05, 0) is 40.5 Å². The van der Waals surface area contributed by atoms with Gasteiger partial charge in [-0.2, -0.15) is 0 Å². The number of ether oxygens (including phenoxy) is 2. The van der Waals surface area contributed by atoms with Crippen molar-refractivity contribution in [1.29, 1.82) is 0 Å². The van der Waals surface area contributed by atoms with E-state index in [4.69, 9.17) is 9.47 Å². The molecule has 22 heavy (non-hydrogen) atoms. The van der Waals surface area contributed by atoms with Crippen LogP contribution in [-0.4, -0.2) is 72.2 Å². The van der Waals surface area contributed by atoms with Crippen molar-refractivity contribution in [3.05, 3.63) is 0 Å². The van der Waals surface area contributed by atoms with E-state index in [0.29, 0.717) is 31.8 Å². The first-order chi connectivity index (χ1) is 10.3. The molecule has 2 saturated heterocycles. The minimum absolute atomic E-state index is 0.164. The van der Waals surface area contributed by atoms with Gasteiger partial charge in [-0.25, -0.2) is 0 Å². The molecule has 2 atom stereocenters. The molecule has 2 unspecified atom stereocenters. The molecule has 6 nitrogen and oxygen atoms in total. The average molecular weight is 312 g/mol. The van der Waals surface area contributed by atoms with Gasteiger partial charge >= 0.3 is 11.9 Å². The summed E-state index contributed by atoms with van der Waals surface area (Å²) < 4.78 is 10.4. The zero-order valence-corrected chi connectivity index (χ0v) is 14.1. The molecular weight excluding hydrogens is 284 g/mol. The van der Waals surface area contributed by atoms with E-state index in [2.05, 4.69) is 9.80 Å². The summed E-state index contributed by atoms with van der Waals surface area (Å²) in [5, 5.41) is 0. The highest BCUT2D eigenvalue weighted by molar-refractivity contribution is 5.72. The van der Waals surface area contributed by atoms with Crippen molar-refractivity contribution in [2.45, 2.75) is 58.2 Å². The summed E-state index contributed by atoms with van der Waals surface area (Å²) in [5.74, 6) is -0.328. The first-order valence-electron chi connectivity index (χ1n) is 8.14. The Bertz CT molecular complexity index is 405. The quantitative estimate of drug-likeness (QED) is 0.707. The third-order valence-electron chi connectivity index (χ3n) is 4.10. The summed E-state index contributed by atoms with van der Waals surface area (Å²) in [7, 11) is 0. The fourth-order valence-electron chi connectivity index (χ4n) is 3.38. The van der Waals surface area contributed by atoms with E-state index < -0.39 is 5.60 Å². The molecule has 2 heterocycles. The number of likely N-dealkylation sites (tertiary alicyclic amines) is 1. The molecule has 0 spiro atoms. The third kappa shape index (κ3) is 4.68. The second kappa shape index (κ2) is 6.96. The number of rotatable bonds is 5. The predicted octanol–water partition coefficient (Wildman–Crippen LogP) is 1.04. The first-order valence-corrected chi connectivity index (χ1v) is 8.14. The molecule has 0 amide bonds. The van der Waals surface area contributed by atoms with Gasteiger partial charge in [-0.1, -0.05) is 0 Å². The largest absolute Gasteiger partial charge is 0.465 e. The van der Waals surface area contributed by atoms with E-state index in [-0.39, 0.29) is 11.9 Å². The van der Waals surface area contributed by atoms with E-state index in [0.717, 1.165) is 25.9 Å². The molecular formula is C16H28N2O4. The lowest BCUT2D eigenvalue weighted by Crippen LogP contribution is -2.56. The van der Waals surface area contributed by atoms with Crippen molar-refractivity contribution in [3.8, 4) is 0 Å². The van der Waals surface area contributed by atoms with Gasteiger partial charge in [0.05, 0.1) is 19.7 Å². The number of hydrogen-bond donors (Lipinski definition) is 0. The summed E-state index contributed by atoms with van der Waals surface area (Å²) in [5.41, 5.74) is -0.443. The van der Waals surface area contributed by atoms with Crippen LogP contribution in [0.1, 0.15) is 40.5 Å². The molecule has 0 aliphatic carbocycles. The Kier molecular flexibility index (Phi) is 5.45. The van der Waals surface area contributed by atoms with Crippen LogP contribution in [0.4, 0.5) is 0 Å². The molecule has 2 aliphatic rings. The Balaban J connectivity index is 1.85. The van der Waals surface area contributed by atoms with Crippen LogP contribution in [0.2, 0.25) is 0 Å². The summed E-state index contributed by atoms with van der Waals surface area (Å²) in [6.07, 6.45) is 2.15. The normalized spacial score (nSPS) is 26.0. The van der Waals surface area contributed by atoms with Crippen LogP contribution in [-0.2, 0) is 19.1 Å². The van der Waals surface area contributed by atoms with Crippen molar-refractivity contribution in [2.24, 2.45) is 0 Å². The van der Waals surface area contributed by atoms with Gasteiger partial charge in [0.2, 0.25) is 0 Å². The topological polar surface area (TPSA) is 59.1 Å². The second-order valence-electron chi connectivity index (χ2n) is 7.14. The Morgan fingerprint density at radius 2 is 1.64 bits per heavy atom. The van der Waals surface area contributed by atoms with Crippen LogP contribution in [0.25, 0.3) is 0 Å². The van der Waals surface area contributed by atoms with E-state index in [1.165, 1.54) is 0 Å². The lowest BCUT2D eigenvalue weighted by molar-refractivity contribution is -0.158. The summed E-state index contributed by atoms with van der Waals surface area (Å²) in [4.78, 5) is 28.0. The SMILES string of the molecule is CCOC(=O)CN1CC2CCC(C1)N2CC(=O)OC(C)(C)C. The molecule has 0 radical (unpaired) electrons. The molecule has 0 aromatic carbocycles. The fourth-order valence-corrected chi connectivity index (χ4v) is 3.38. The maximum Gasteiger partial charge on any atom is 0.320 e. The van der Waals surface area contributed by atoms with Crippen molar-refractivity contribution in [3.63, 3.8) is 0 Å². The monoisotopic (exact) mass is 312 g/mol. The number of piperazine rings is 1. The number of nitrogens with zero attached hydrogens (tertiary/aromatic N) is 2. The van der Waals surface area contributed by atoms with Crippen LogP contribution >= 0.6 is 0 Å². The van der Waals surface area contributed by atoms with Crippen LogP contribution in [0.5, 0.6) is 0 Å². The average Bonchev–Trinajstić information content (AvgIpc) is 2.60. The molecule has 0 saturated carbocycles. The van der Waals surface area contributed by atoms with E-state index in [1.54, 1.807) is 0 Å². The van der Waals surface area contributed by atoms with Crippen LogP contribution in [0.15, 0.2) is 0 Å². The van der Waals surface area contributed by atoms with Crippen molar-refractivity contribution < 1.29 is 19.1 Å². The van der Waals surface area contributed by atoms with E-state index in [1.807, 2.05) is 27.7 Å². The number of carbonyl (C=O) groups excluding carboxylic acids is 2. The Hall–Kier alpha value is -1.14. The minimum Gasteiger partial charge on any atom is -0.465 e. The molecule has 2 fully saturated rings. The highest BCUT2D eigenvalue weighted by Gasteiger charge is 2.41. The maximum absolute atomic E-state index is 12.0. The summed E-state index contributed by atoms with van der Waals surface area (Å²) in [6.45, 7) is 10.2. The van der Waals surface area contributed by atoms with Gasteiger partial charge in [0.25, 0.3) is 0 Å². The molecule has 126 valence electrons. The molecule has 6 heteroatoms. The lowest BCUT2D eigenvalue weighted by Gasteiger charge is -2.40. The lowest BCUT2D eigenvalue weighted by atomic mass is 10.1. The van der Waals surface area contributed by atoms with Crippen molar-refractivity contribution in [2.75, 3.05) is 32.8 Å². The number of hydrogen-bond acceptors (Lipinski definition) is 6. The Morgan fingerprint density at radius 1 is 1.05 bits per heavy atom. The van der Waals surface area contributed by atoms with Gasteiger partial charge in [-0.15, -0.1) is 0 Å².